The first kappa shape index (κ1) is 22.6. The molecular formula is C22H27N5O6. The quantitative estimate of drug-likeness (QED) is 0.654. The van der Waals surface area contributed by atoms with Gasteiger partial charge in [-0.25, -0.2) is 14.4 Å². The molecule has 1 saturated heterocycles. The van der Waals surface area contributed by atoms with E-state index in [4.69, 9.17) is 9.57 Å². The summed E-state index contributed by atoms with van der Waals surface area (Å²) in [6.07, 6.45) is 1.17. The average molecular weight is 457 g/mol. The van der Waals surface area contributed by atoms with Crippen molar-refractivity contribution in [3.8, 4) is 0 Å². The number of carbonyl (C=O) groups is 3. The third kappa shape index (κ3) is 4.77. The van der Waals surface area contributed by atoms with Crippen LogP contribution >= 0.6 is 0 Å². The van der Waals surface area contributed by atoms with Gasteiger partial charge in [0.05, 0.1) is 13.1 Å². The molecule has 2 aliphatic rings. The molecule has 2 aromatic rings. The number of fused-ring (bicyclic) bond motifs is 4. The Hall–Kier alpha value is -3.60. The fraction of sp³-hybridized carbons (Fsp3) is 0.455. The number of carboxylic acids is 1. The lowest BCUT2D eigenvalue weighted by Gasteiger charge is -2.26. The van der Waals surface area contributed by atoms with E-state index in [1.54, 1.807) is 31.6 Å². The second kappa shape index (κ2) is 8.74. The third-order valence-corrected chi connectivity index (χ3v) is 5.29. The Balaban J connectivity index is 1.49. The largest absolute Gasteiger partial charge is 0.479 e. The molecule has 2 N–H and O–H groups in total. The molecule has 1 aromatic carbocycles. The van der Waals surface area contributed by atoms with E-state index in [9.17, 15) is 19.5 Å². The summed E-state index contributed by atoms with van der Waals surface area (Å²) in [6.45, 7) is 6.25. The number of hydrogen-bond donors (Lipinski definition) is 2. The number of aromatic nitrogens is 2. The molecule has 11 heteroatoms. The third-order valence-electron chi connectivity index (χ3n) is 5.29. The Kier molecular flexibility index (Phi) is 5.98. The number of ether oxygens (including phenoxy) is 1. The molecule has 33 heavy (non-hydrogen) atoms. The Bertz CT molecular complexity index is 1050. The molecule has 1 unspecified atom stereocenters. The zero-order valence-electron chi connectivity index (χ0n) is 18.7. The van der Waals surface area contributed by atoms with Crippen molar-refractivity contribution in [1.82, 2.24) is 25.1 Å². The maximum Gasteiger partial charge on any atom is 0.407 e. The molecule has 0 spiro atoms. The first-order valence-electron chi connectivity index (χ1n) is 10.7. The number of nitrogens with zero attached hydrogens (tertiary/aromatic N) is 4. The molecular weight excluding hydrogens is 430 g/mol. The van der Waals surface area contributed by atoms with Gasteiger partial charge in [-0.15, -0.1) is 0 Å². The number of amides is 3. The summed E-state index contributed by atoms with van der Waals surface area (Å²) in [7, 11) is 0. The topological polar surface area (TPSA) is 126 Å². The van der Waals surface area contributed by atoms with Crippen LogP contribution in [0.1, 0.15) is 49.7 Å². The van der Waals surface area contributed by atoms with Gasteiger partial charge in [0.1, 0.15) is 23.9 Å². The number of hydrogen-bond acceptors (Lipinski definition) is 6. The predicted molar refractivity (Wildman–Crippen MR) is 115 cm³/mol. The van der Waals surface area contributed by atoms with Crippen LogP contribution in [0.15, 0.2) is 36.5 Å². The van der Waals surface area contributed by atoms with E-state index in [0.717, 1.165) is 5.56 Å². The number of hydroxylamine groups is 2. The first-order chi connectivity index (χ1) is 15.6. The van der Waals surface area contributed by atoms with Crippen LogP contribution in [0.4, 0.5) is 9.59 Å². The van der Waals surface area contributed by atoms with E-state index in [1.807, 2.05) is 30.3 Å². The molecule has 3 amide bonds. The van der Waals surface area contributed by atoms with E-state index in [2.05, 4.69) is 10.4 Å². The molecule has 2 bridgehead atoms. The van der Waals surface area contributed by atoms with Crippen molar-refractivity contribution in [1.29, 1.82) is 0 Å². The lowest BCUT2D eigenvalue weighted by Crippen LogP contribution is -2.38. The second-order valence-corrected chi connectivity index (χ2v) is 8.94. The van der Waals surface area contributed by atoms with Crippen LogP contribution in [0.5, 0.6) is 0 Å². The Morgan fingerprint density at radius 2 is 1.97 bits per heavy atom. The molecule has 3 heterocycles. The Morgan fingerprint density at radius 1 is 1.24 bits per heavy atom. The van der Waals surface area contributed by atoms with Gasteiger partial charge in [-0.1, -0.05) is 30.3 Å². The number of urea groups is 1. The minimum atomic E-state index is -1.20. The average Bonchev–Trinajstić information content (AvgIpc) is 3.27. The van der Waals surface area contributed by atoms with Crippen LogP contribution in [-0.2, 0) is 27.5 Å². The van der Waals surface area contributed by atoms with Gasteiger partial charge in [0, 0.05) is 18.3 Å². The van der Waals surface area contributed by atoms with Crippen molar-refractivity contribution in [2.45, 2.75) is 51.6 Å². The lowest BCUT2D eigenvalue weighted by atomic mass is 9.98. The number of alkyl carbamates (subject to hydrolysis) is 1. The number of nitrogens with one attached hydrogen (secondary N) is 1. The summed E-state index contributed by atoms with van der Waals surface area (Å²) < 4.78 is 6.78. The van der Waals surface area contributed by atoms with Crippen LogP contribution in [-0.4, -0.2) is 61.6 Å². The number of carboxylic acid groups (broad SMARTS) is 1. The summed E-state index contributed by atoms with van der Waals surface area (Å²) in [5.74, 6) is -1.16. The van der Waals surface area contributed by atoms with Crippen LogP contribution in [0.2, 0.25) is 0 Å². The summed E-state index contributed by atoms with van der Waals surface area (Å²) in [5.41, 5.74) is 1.21. The highest BCUT2D eigenvalue weighted by Gasteiger charge is 2.52. The van der Waals surface area contributed by atoms with E-state index in [0.29, 0.717) is 17.8 Å². The van der Waals surface area contributed by atoms with Crippen molar-refractivity contribution in [3.05, 3.63) is 53.3 Å². The number of carbonyl (C=O) groups excluding carboxylic acids is 2. The smallest absolute Gasteiger partial charge is 0.407 e. The molecule has 11 nitrogen and oxygen atoms in total. The number of aliphatic carboxylic acids is 1. The zero-order chi connectivity index (χ0) is 23.8. The first-order valence-corrected chi connectivity index (χ1v) is 10.7. The molecule has 0 radical (unpaired) electrons. The Labute approximate surface area is 190 Å². The van der Waals surface area contributed by atoms with E-state index >= 15 is 0 Å². The maximum absolute atomic E-state index is 12.9. The second-order valence-electron chi connectivity index (χ2n) is 8.94. The van der Waals surface area contributed by atoms with Crippen molar-refractivity contribution in [2.75, 3.05) is 13.1 Å². The molecule has 0 saturated carbocycles. The van der Waals surface area contributed by atoms with Gasteiger partial charge in [-0.3, -0.25) is 9.52 Å². The SMILES string of the molecule is CC(C)(C)OC(=O)NCCn1cc2c(n1)C(C(=O)O)N1C[C@H]2N(OCc2ccccc2)C1=O. The van der Waals surface area contributed by atoms with Crippen LogP contribution in [0.3, 0.4) is 0 Å². The summed E-state index contributed by atoms with van der Waals surface area (Å²) in [5, 5.41) is 18.1. The molecule has 1 fully saturated rings. The molecule has 1 aromatic heterocycles. The fourth-order valence-corrected chi connectivity index (χ4v) is 3.92. The molecule has 2 aliphatic heterocycles. The van der Waals surface area contributed by atoms with Gasteiger partial charge in [0.15, 0.2) is 6.04 Å². The zero-order valence-corrected chi connectivity index (χ0v) is 18.7. The standard InChI is InChI=1S/C22H27N5O6/c1-22(2,3)33-20(30)23-9-10-25-11-15-16-12-26(18(19(28)29)17(15)24-25)21(31)27(16)32-13-14-7-5-4-6-8-14/h4-8,11,16,18H,9-10,12-13H2,1-3H3,(H,23,30)(H,28,29)/t16-,18?/m1/s1. The highest BCUT2D eigenvalue weighted by Crippen LogP contribution is 2.43. The maximum atomic E-state index is 12.9. The normalized spacial score (nSPS) is 19.4. The fourth-order valence-electron chi connectivity index (χ4n) is 3.92. The van der Waals surface area contributed by atoms with Gasteiger partial charge in [-0.2, -0.15) is 10.2 Å². The molecule has 176 valence electrons. The lowest BCUT2D eigenvalue weighted by molar-refractivity contribution is -0.143. The van der Waals surface area contributed by atoms with Crippen LogP contribution in [0.25, 0.3) is 0 Å². The minimum Gasteiger partial charge on any atom is -0.479 e. The molecule has 0 aliphatic carbocycles. The van der Waals surface area contributed by atoms with E-state index in [-0.39, 0.29) is 19.7 Å². The van der Waals surface area contributed by atoms with Gasteiger partial charge >= 0.3 is 18.1 Å². The number of rotatable bonds is 7. The minimum absolute atomic E-state index is 0.179. The summed E-state index contributed by atoms with van der Waals surface area (Å²) in [6, 6.07) is 7.23. The molecule has 4 rings (SSSR count). The van der Waals surface area contributed by atoms with Gasteiger partial charge < -0.3 is 20.1 Å². The molecule has 2 atom stereocenters. The van der Waals surface area contributed by atoms with Crippen molar-refractivity contribution < 1.29 is 29.1 Å². The Morgan fingerprint density at radius 3 is 2.64 bits per heavy atom. The van der Waals surface area contributed by atoms with Crippen molar-refractivity contribution in [2.24, 2.45) is 0 Å². The van der Waals surface area contributed by atoms with Crippen molar-refractivity contribution in [3.63, 3.8) is 0 Å². The van der Waals surface area contributed by atoms with E-state index < -0.39 is 35.8 Å². The predicted octanol–water partition coefficient (Wildman–Crippen LogP) is 2.46. The van der Waals surface area contributed by atoms with E-state index in [1.165, 1.54) is 9.96 Å². The monoisotopic (exact) mass is 457 g/mol. The summed E-state index contributed by atoms with van der Waals surface area (Å²) in [4.78, 5) is 43.8. The summed E-state index contributed by atoms with van der Waals surface area (Å²) >= 11 is 0. The highest BCUT2D eigenvalue weighted by molar-refractivity contribution is 5.86. The van der Waals surface area contributed by atoms with Gasteiger partial charge in [-0.05, 0) is 26.3 Å². The van der Waals surface area contributed by atoms with Crippen LogP contribution < -0.4 is 5.32 Å². The van der Waals surface area contributed by atoms with Crippen LogP contribution in [0, 0.1) is 0 Å². The van der Waals surface area contributed by atoms with Crippen molar-refractivity contribution >= 4 is 18.1 Å². The highest BCUT2D eigenvalue weighted by atomic mass is 16.7. The van der Waals surface area contributed by atoms with Gasteiger partial charge in [0.2, 0.25) is 0 Å². The van der Waals surface area contributed by atoms with Gasteiger partial charge in [0.25, 0.3) is 0 Å². The number of benzene rings is 1.